The fraction of sp³-hybridized carbons (Fsp3) is 0.304. The number of ether oxygens (including phenoxy) is 1. The van der Waals surface area contributed by atoms with Crippen LogP contribution in [0.25, 0.3) is 11.4 Å². The van der Waals surface area contributed by atoms with Gasteiger partial charge in [-0.05, 0) is 43.7 Å². The number of imide groups is 1. The van der Waals surface area contributed by atoms with Gasteiger partial charge in [-0.15, -0.1) is 10.2 Å². The van der Waals surface area contributed by atoms with Gasteiger partial charge in [-0.3, -0.25) is 14.7 Å². The Hall–Kier alpha value is -3.88. The van der Waals surface area contributed by atoms with Gasteiger partial charge in [0.25, 0.3) is 5.91 Å². The largest absolute Gasteiger partial charge is 0.494 e. The standard InChI is InChI=1S/C23H24N6O3/c1-4-32-17-10-8-16(9-11-17)19-25-26-22-28(13-15-7-5-6-14(2)12-15)18-20(30)24-23(31)27(3)21(18)29(19)22/h5-12,18,21H,4,13H2,1-3H3,(H,24,30,31). The van der Waals surface area contributed by atoms with Gasteiger partial charge in [0.05, 0.1) is 6.61 Å². The number of nitrogens with one attached hydrogen (secondary N) is 1. The molecule has 1 saturated heterocycles. The third-order valence-corrected chi connectivity index (χ3v) is 5.89. The van der Waals surface area contributed by atoms with Crippen molar-refractivity contribution in [2.75, 3.05) is 18.6 Å². The molecule has 2 aromatic carbocycles. The Kier molecular flexibility index (Phi) is 4.80. The fourth-order valence-corrected chi connectivity index (χ4v) is 4.44. The van der Waals surface area contributed by atoms with Crippen molar-refractivity contribution in [2.45, 2.75) is 32.6 Å². The van der Waals surface area contributed by atoms with E-state index in [9.17, 15) is 9.59 Å². The minimum atomic E-state index is -0.606. The molecular weight excluding hydrogens is 408 g/mol. The Balaban J connectivity index is 1.60. The van der Waals surface area contributed by atoms with Crippen molar-refractivity contribution in [3.63, 3.8) is 0 Å². The molecule has 0 radical (unpaired) electrons. The molecule has 9 heteroatoms. The highest BCUT2D eigenvalue weighted by atomic mass is 16.5. The van der Waals surface area contributed by atoms with Gasteiger partial charge in [0.15, 0.2) is 11.9 Å². The number of hydrogen-bond acceptors (Lipinski definition) is 6. The van der Waals surface area contributed by atoms with Crippen molar-refractivity contribution < 1.29 is 14.3 Å². The highest BCUT2D eigenvalue weighted by Crippen LogP contribution is 2.41. The number of anilines is 1. The number of amides is 3. The number of fused-ring (bicyclic) bond motifs is 3. The van der Waals surface area contributed by atoms with Gasteiger partial charge in [0.1, 0.15) is 11.9 Å². The fourth-order valence-electron chi connectivity index (χ4n) is 4.44. The van der Waals surface area contributed by atoms with E-state index < -0.39 is 18.2 Å². The second-order valence-corrected chi connectivity index (χ2v) is 8.03. The monoisotopic (exact) mass is 432 g/mol. The third kappa shape index (κ3) is 3.17. The molecule has 9 nitrogen and oxygen atoms in total. The molecule has 2 atom stereocenters. The summed E-state index contributed by atoms with van der Waals surface area (Å²) in [5.74, 6) is 1.58. The highest BCUT2D eigenvalue weighted by Gasteiger charge is 2.52. The number of aromatic nitrogens is 3. The number of rotatable bonds is 5. The lowest BCUT2D eigenvalue weighted by atomic mass is 10.1. The van der Waals surface area contributed by atoms with Crippen molar-refractivity contribution in [3.05, 3.63) is 59.7 Å². The molecule has 32 heavy (non-hydrogen) atoms. The summed E-state index contributed by atoms with van der Waals surface area (Å²) in [6.07, 6.45) is -0.548. The van der Waals surface area contributed by atoms with Crippen molar-refractivity contribution in [1.82, 2.24) is 25.0 Å². The number of hydrogen-bond donors (Lipinski definition) is 1. The van der Waals surface area contributed by atoms with Gasteiger partial charge in [-0.25, -0.2) is 4.79 Å². The number of likely N-dealkylation sites (N-methyl/N-ethyl adjacent to an activating group) is 1. The summed E-state index contributed by atoms with van der Waals surface area (Å²) in [5.41, 5.74) is 3.01. The predicted octanol–water partition coefficient (Wildman–Crippen LogP) is 2.72. The maximum Gasteiger partial charge on any atom is 0.325 e. The molecule has 0 spiro atoms. The summed E-state index contributed by atoms with van der Waals surface area (Å²) in [5, 5.41) is 11.3. The summed E-state index contributed by atoms with van der Waals surface area (Å²) in [4.78, 5) is 28.9. The minimum absolute atomic E-state index is 0.339. The van der Waals surface area contributed by atoms with Gasteiger partial charge in [-0.1, -0.05) is 29.8 Å². The molecule has 0 bridgehead atoms. The van der Waals surface area contributed by atoms with Gasteiger partial charge in [0, 0.05) is 19.2 Å². The van der Waals surface area contributed by atoms with E-state index in [1.165, 1.54) is 4.90 Å². The van der Waals surface area contributed by atoms with E-state index in [0.717, 1.165) is 22.4 Å². The molecule has 2 aliphatic rings. The second kappa shape index (κ2) is 7.67. The van der Waals surface area contributed by atoms with Crippen molar-refractivity contribution in [3.8, 4) is 17.1 Å². The summed E-state index contributed by atoms with van der Waals surface area (Å²) >= 11 is 0. The van der Waals surface area contributed by atoms with Crippen LogP contribution in [0.15, 0.2) is 48.5 Å². The van der Waals surface area contributed by atoms with Crippen molar-refractivity contribution >= 4 is 17.9 Å². The SMILES string of the molecule is CCOc1ccc(-c2nnc3n2C2C(C(=O)NC(=O)N2C)N3Cc2cccc(C)c2)cc1. The highest BCUT2D eigenvalue weighted by molar-refractivity contribution is 6.02. The van der Waals surface area contributed by atoms with E-state index in [-0.39, 0.29) is 5.91 Å². The Labute approximate surface area is 185 Å². The molecule has 0 aliphatic carbocycles. The lowest BCUT2D eigenvalue weighted by molar-refractivity contribution is -0.124. The van der Waals surface area contributed by atoms with E-state index >= 15 is 0 Å². The van der Waals surface area contributed by atoms with Gasteiger partial charge < -0.3 is 14.5 Å². The molecule has 1 fully saturated rings. The van der Waals surface area contributed by atoms with E-state index in [2.05, 4.69) is 21.6 Å². The number of aryl methyl sites for hydroxylation is 1. The Morgan fingerprint density at radius 3 is 2.59 bits per heavy atom. The summed E-state index contributed by atoms with van der Waals surface area (Å²) in [6, 6.07) is 14.6. The van der Waals surface area contributed by atoms with Crippen LogP contribution in [0, 0.1) is 6.92 Å². The number of benzene rings is 2. The lowest BCUT2D eigenvalue weighted by Gasteiger charge is -2.37. The predicted molar refractivity (Wildman–Crippen MR) is 118 cm³/mol. The van der Waals surface area contributed by atoms with Crippen molar-refractivity contribution in [1.29, 1.82) is 0 Å². The van der Waals surface area contributed by atoms with Crippen LogP contribution in [0.2, 0.25) is 0 Å². The molecule has 3 amide bonds. The average molecular weight is 432 g/mol. The molecule has 3 heterocycles. The molecular formula is C23H24N6O3. The van der Waals surface area contributed by atoms with Crippen LogP contribution in [-0.4, -0.2) is 51.3 Å². The lowest BCUT2D eigenvalue weighted by Crippen LogP contribution is -2.61. The maximum atomic E-state index is 13.0. The summed E-state index contributed by atoms with van der Waals surface area (Å²) in [6.45, 7) is 5.02. The molecule has 5 rings (SSSR count). The Morgan fingerprint density at radius 2 is 1.88 bits per heavy atom. The van der Waals surface area contributed by atoms with E-state index in [4.69, 9.17) is 4.74 Å². The molecule has 2 aliphatic heterocycles. The van der Waals surface area contributed by atoms with Crippen LogP contribution in [0.4, 0.5) is 10.7 Å². The number of carbonyl (C=O) groups excluding carboxylic acids is 2. The Bertz CT molecular complexity index is 1190. The van der Waals surface area contributed by atoms with Crippen LogP contribution >= 0.6 is 0 Å². The molecule has 2 unspecified atom stereocenters. The van der Waals surface area contributed by atoms with Gasteiger partial charge in [0.2, 0.25) is 5.95 Å². The summed E-state index contributed by atoms with van der Waals surface area (Å²) in [7, 11) is 1.68. The average Bonchev–Trinajstić information content (AvgIpc) is 3.32. The smallest absolute Gasteiger partial charge is 0.325 e. The first-order valence-electron chi connectivity index (χ1n) is 10.6. The normalized spacial score (nSPS) is 19.6. The van der Waals surface area contributed by atoms with Gasteiger partial charge >= 0.3 is 6.03 Å². The third-order valence-electron chi connectivity index (χ3n) is 5.89. The minimum Gasteiger partial charge on any atom is -0.494 e. The zero-order valence-corrected chi connectivity index (χ0v) is 18.1. The number of nitrogens with zero attached hydrogens (tertiary/aromatic N) is 5. The molecule has 3 aromatic rings. The van der Waals surface area contributed by atoms with Crippen LogP contribution < -0.4 is 15.0 Å². The maximum absolute atomic E-state index is 13.0. The molecule has 1 aromatic heterocycles. The van der Waals surface area contributed by atoms with Crippen LogP contribution in [0.3, 0.4) is 0 Å². The first kappa shape index (κ1) is 20.0. The topological polar surface area (TPSA) is 92.6 Å². The number of urea groups is 1. The van der Waals surface area contributed by atoms with E-state index in [1.54, 1.807) is 7.05 Å². The molecule has 1 N–H and O–H groups in total. The molecule has 0 saturated carbocycles. The first-order valence-corrected chi connectivity index (χ1v) is 10.6. The second-order valence-electron chi connectivity index (χ2n) is 8.03. The zero-order valence-electron chi connectivity index (χ0n) is 18.1. The number of carbonyl (C=O) groups is 2. The van der Waals surface area contributed by atoms with Crippen LogP contribution in [0.5, 0.6) is 5.75 Å². The molecule has 164 valence electrons. The van der Waals surface area contributed by atoms with Gasteiger partial charge in [-0.2, -0.15) is 0 Å². The van der Waals surface area contributed by atoms with E-state index in [0.29, 0.717) is 24.9 Å². The van der Waals surface area contributed by atoms with E-state index in [1.807, 2.05) is 65.8 Å². The Morgan fingerprint density at radius 1 is 1.09 bits per heavy atom. The quantitative estimate of drug-likeness (QED) is 0.667. The van der Waals surface area contributed by atoms with Crippen molar-refractivity contribution in [2.24, 2.45) is 0 Å². The van der Waals surface area contributed by atoms with Crippen LogP contribution in [-0.2, 0) is 11.3 Å². The van der Waals surface area contributed by atoms with Crippen LogP contribution in [0.1, 0.15) is 24.2 Å². The first-order chi connectivity index (χ1) is 15.5. The zero-order chi connectivity index (χ0) is 22.4. The summed E-state index contributed by atoms with van der Waals surface area (Å²) < 4.78 is 7.42.